The standard InChI is InChI=1S/C3H6O3S.B/c1-2-3-7(4,5)6;/h2H,1,3H2,(H,4,5,6);. The summed E-state index contributed by atoms with van der Waals surface area (Å²) in [4.78, 5) is 0. The molecule has 0 atom stereocenters. The molecule has 0 fully saturated rings. The molecule has 0 aromatic heterocycles. The van der Waals surface area contributed by atoms with Crippen LogP contribution in [0.3, 0.4) is 0 Å². The van der Waals surface area contributed by atoms with Gasteiger partial charge in [0.2, 0.25) is 0 Å². The summed E-state index contributed by atoms with van der Waals surface area (Å²) in [6.45, 7) is 3.11. The van der Waals surface area contributed by atoms with Crippen molar-refractivity contribution in [3.8, 4) is 0 Å². The van der Waals surface area contributed by atoms with Gasteiger partial charge in [-0.05, 0) is 0 Å². The minimum atomic E-state index is -3.79. The molecule has 0 aliphatic rings. The summed E-state index contributed by atoms with van der Waals surface area (Å²) in [5.41, 5.74) is 0. The highest BCUT2D eigenvalue weighted by Crippen LogP contribution is 1.78. The first-order chi connectivity index (χ1) is 3.06. The minimum absolute atomic E-state index is 0. The summed E-state index contributed by atoms with van der Waals surface area (Å²) in [6, 6.07) is 0. The van der Waals surface area contributed by atoms with Crippen LogP contribution in [-0.2, 0) is 10.1 Å². The van der Waals surface area contributed by atoms with Gasteiger partial charge in [0.15, 0.2) is 0 Å². The van der Waals surface area contributed by atoms with Crippen LogP contribution in [0, 0.1) is 0 Å². The SMILES string of the molecule is C=CCS(=O)(=O)O.[B]. The van der Waals surface area contributed by atoms with Gasteiger partial charge in [-0.15, -0.1) is 6.58 Å². The highest BCUT2D eigenvalue weighted by atomic mass is 32.2. The Bertz CT molecular complexity index is 148. The Morgan fingerprint density at radius 3 is 2.00 bits per heavy atom. The molecule has 0 bridgehead atoms. The fourth-order valence-corrected chi connectivity index (χ4v) is 0.447. The summed E-state index contributed by atoms with van der Waals surface area (Å²) >= 11 is 0. The van der Waals surface area contributed by atoms with Gasteiger partial charge in [-0.25, -0.2) is 0 Å². The molecule has 0 aromatic rings. The Kier molecular flexibility index (Phi) is 4.91. The maximum absolute atomic E-state index is 9.72. The van der Waals surface area contributed by atoms with Crippen molar-refractivity contribution in [2.45, 2.75) is 0 Å². The molecule has 1 N–H and O–H groups in total. The average molecular weight is 133 g/mol. The summed E-state index contributed by atoms with van der Waals surface area (Å²) in [5.74, 6) is -0.368. The Labute approximate surface area is 50.7 Å². The quantitative estimate of drug-likeness (QED) is 0.319. The summed E-state index contributed by atoms with van der Waals surface area (Å²) in [7, 11) is -3.79. The van der Waals surface area contributed by atoms with E-state index in [0.717, 1.165) is 6.08 Å². The predicted octanol–water partition coefficient (Wildman–Crippen LogP) is -0.321. The van der Waals surface area contributed by atoms with Gasteiger partial charge in [-0.3, -0.25) is 4.55 Å². The molecule has 0 rings (SSSR count). The molecule has 0 amide bonds. The van der Waals surface area contributed by atoms with Crippen LogP contribution >= 0.6 is 0 Å². The maximum Gasteiger partial charge on any atom is 0.268 e. The molecule has 0 saturated heterocycles. The zero-order valence-corrected chi connectivity index (χ0v) is 5.06. The molecular formula is C3H6BO3S. The topological polar surface area (TPSA) is 54.4 Å². The predicted molar refractivity (Wildman–Crippen MR) is 32.4 cm³/mol. The average Bonchev–Trinajstić information content (AvgIpc) is 1.30. The molecule has 0 aliphatic heterocycles. The van der Waals surface area contributed by atoms with Gasteiger partial charge in [-0.2, -0.15) is 8.42 Å². The second kappa shape index (κ2) is 3.68. The fourth-order valence-electron chi connectivity index (χ4n) is 0.149. The van der Waals surface area contributed by atoms with E-state index >= 15 is 0 Å². The molecule has 0 heterocycles. The molecule has 8 heavy (non-hydrogen) atoms. The van der Waals surface area contributed by atoms with Gasteiger partial charge in [0.25, 0.3) is 10.1 Å². The number of hydrogen-bond donors (Lipinski definition) is 1. The Balaban J connectivity index is 0. The first kappa shape index (κ1) is 10.7. The molecule has 5 heteroatoms. The van der Waals surface area contributed by atoms with Gasteiger partial charge >= 0.3 is 0 Å². The van der Waals surface area contributed by atoms with Crippen LogP contribution in [0.1, 0.15) is 0 Å². The van der Waals surface area contributed by atoms with Gasteiger partial charge in [0.05, 0.1) is 5.75 Å². The molecule has 0 saturated carbocycles. The van der Waals surface area contributed by atoms with E-state index in [1.165, 1.54) is 0 Å². The fraction of sp³-hybridized carbons (Fsp3) is 0.333. The molecule has 3 nitrogen and oxygen atoms in total. The molecule has 0 aliphatic carbocycles. The lowest BCUT2D eigenvalue weighted by Crippen LogP contribution is -1.99. The summed E-state index contributed by atoms with van der Waals surface area (Å²) < 4.78 is 27.3. The maximum atomic E-state index is 9.72. The molecule has 0 aromatic carbocycles. The van der Waals surface area contributed by atoms with Crippen LogP contribution in [0.2, 0.25) is 0 Å². The second-order valence-electron chi connectivity index (χ2n) is 1.04. The van der Waals surface area contributed by atoms with Gasteiger partial charge in [-0.1, -0.05) is 6.08 Å². The lowest BCUT2D eigenvalue weighted by atomic mass is 10.8. The Hall–Kier alpha value is -0.285. The van der Waals surface area contributed by atoms with Crippen molar-refractivity contribution in [2.75, 3.05) is 5.75 Å². The lowest BCUT2D eigenvalue weighted by Gasteiger charge is -1.82. The smallest absolute Gasteiger partial charge is 0.268 e. The van der Waals surface area contributed by atoms with Crippen molar-refractivity contribution >= 4 is 18.5 Å². The Morgan fingerprint density at radius 2 is 2.00 bits per heavy atom. The van der Waals surface area contributed by atoms with E-state index in [-0.39, 0.29) is 14.2 Å². The normalized spacial score (nSPS) is 9.62. The van der Waals surface area contributed by atoms with E-state index in [1.54, 1.807) is 0 Å². The monoisotopic (exact) mass is 133 g/mol. The highest BCUT2D eigenvalue weighted by Gasteiger charge is 1.95. The first-order valence-electron chi connectivity index (χ1n) is 1.62. The van der Waals surface area contributed by atoms with Crippen molar-refractivity contribution in [1.29, 1.82) is 0 Å². The third-order valence-electron chi connectivity index (χ3n) is 0.328. The van der Waals surface area contributed by atoms with Crippen LogP contribution in [0.4, 0.5) is 0 Å². The largest absolute Gasteiger partial charge is 0.285 e. The molecule has 0 unspecified atom stereocenters. The van der Waals surface area contributed by atoms with Crippen LogP contribution in [0.25, 0.3) is 0 Å². The van der Waals surface area contributed by atoms with Gasteiger partial charge < -0.3 is 0 Å². The van der Waals surface area contributed by atoms with E-state index in [1.807, 2.05) is 0 Å². The van der Waals surface area contributed by atoms with Gasteiger partial charge in [0, 0.05) is 8.41 Å². The third kappa shape index (κ3) is 9.21. The minimum Gasteiger partial charge on any atom is -0.285 e. The van der Waals surface area contributed by atoms with Crippen molar-refractivity contribution in [3.63, 3.8) is 0 Å². The van der Waals surface area contributed by atoms with Crippen LogP contribution in [-0.4, -0.2) is 27.1 Å². The highest BCUT2D eigenvalue weighted by molar-refractivity contribution is 7.85. The van der Waals surface area contributed by atoms with Crippen LogP contribution < -0.4 is 0 Å². The van der Waals surface area contributed by atoms with Crippen molar-refractivity contribution < 1.29 is 13.0 Å². The van der Waals surface area contributed by atoms with E-state index in [4.69, 9.17) is 4.55 Å². The Morgan fingerprint density at radius 1 is 1.62 bits per heavy atom. The van der Waals surface area contributed by atoms with E-state index in [9.17, 15) is 8.42 Å². The molecule has 0 spiro atoms. The zero-order chi connectivity index (χ0) is 5.91. The summed E-state index contributed by atoms with van der Waals surface area (Å²) in [6.07, 6.45) is 1.12. The third-order valence-corrected chi connectivity index (χ3v) is 0.985. The van der Waals surface area contributed by atoms with E-state index in [2.05, 4.69) is 6.58 Å². The first-order valence-corrected chi connectivity index (χ1v) is 3.23. The second-order valence-corrected chi connectivity index (χ2v) is 2.53. The van der Waals surface area contributed by atoms with Crippen LogP contribution in [0.15, 0.2) is 12.7 Å². The van der Waals surface area contributed by atoms with E-state index < -0.39 is 10.1 Å². The molecular weight excluding hydrogens is 127 g/mol. The van der Waals surface area contributed by atoms with Crippen molar-refractivity contribution in [3.05, 3.63) is 12.7 Å². The number of hydrogen-bond acceptors (Lipinski definition) is 2. The van der Waals surface area contributed by atoms with Crippen molar-refractivity contribution in [2.24, 2.45) is 0 Å². The van der Waals surface area contributed by atoms with Crippen molar-refractivity contribution in [1.82, 2.24) is 0 Å². The molecule has 3 radical (unpaired) electrons. The van der Waals surface area contributed by atoms with E-state index in [0.29, 0.717) is 0 Å². The van der Waals surface area contributed by atoms with Crippen LogP contribution in [0.5, 0.6) is 0 Å². The lowest BCUT2D eigenvalue weighted by molar-refractivity contribution is 0.487. The molecule has 45 valence electrons. The summed E-state index contributed by atoms with van der Waals surface area (Å²) in [5, 5.41) is 0. The zero-order valence-electron chi connectivity index (χ0n) is 4.24. The van der Waals surface area contributed by atoms with Gasteiger partial charge in [0.1, 0.15) is 0 Å². The number of rotatable bonds is 2.